The number of aromatic nitrogens is 1. The molecule has 3 rings (SSSR count). The van der Waals surface area contributed by atoms with E-state index in [1.54, 1.807) is 6.07 Å². The van der Waals surface area contributed by atoms with Crippen LogP contribution in [0.2, 0.25) is 0 Å². The number of likely N-dealkylation sites (N-methyl/N-ethyl adjacent to an activating group) is 1. The van der Waals surface area contributed by atoms with Crippen molar-refractivity contribution in [3.63, 3.8) is 0 Å². The Morgan fingerprint density at radius 1 is 1.15 bits per heavy atom. The molecule has 1 fully saturated rings. The molecule has 1 aliphatic heterocycles. The van der Waals surface area contributed by atoms with Crippen molar-refractivity contribution in [2.24, 2.45) is 5.41 Å². The SMILES string of the molecule is CCN1CCCC1Cn1c2c(cc(C(=O)N[C@@H](CC(C)(C)C)C(=O)OC)c1=O)CCCCCC2. The van der Waals surface area contributed by atoms with Crippen molar-refractivity contribution in [3.05, 3.63) is 33.2 Å². The molecule has 2 aliphatic rings. The molecule has 1 amide bonds. The standard InChI is InChI=1S/C27H43N3O4/c1-6-29-15-11-13-20(29)18-30-23-14-10-8-7-9-12-19(23)16-21(25(30)32)24(31)28-22(26(33)34-5)17-27(2,3)4/h16,20,22H,6-15,17-18H2,1-5H3,(H,28,31)/t20?,22-/m0/s1. The predicted octanol–water partition coefficient (Wildman–Crippen LogP) is 3.70. The van der Waals surface area contributed by atoms with Gasteiger partial charge in [0.1, 0.15) is 11.6 Å². The minimum Gasteiger partial charge on any atom is -0.467 e. The van der Waals surface area contributed by atoms with Gasteiger partial charge in [0.05, 0.1) is 7.11 Å². The number of fused-ring (bicyclic) bond motifs is 1. The molecule has 0 aromatic carbocycles. The Hall–Kier alpha value is -2.15. The summed E-state index contributed by atoms with van der Waals surface area (Å²) in [4.78, 5) is 42.0. The molecule has 1 aliphatic carbocycles. The van der Waals surface area contributed by atoms with Gasteiger partial charge in [0.2, 0.25) is 0 Å². The number of hydrogen-bond donors (Lipinski definition) is 1. The monoisotopic (exact) mass is 473 g/mol. The van der Waals surface area contributed by atoms with E-state index < -0.39 is 17.9 Å². The number of ether oxygens (including phenoxy) is 1. The zero-order valence-corrected chi connectivity index (χ0v) is 21.7. The number of esters is 1. The lowest BCUT2D eigenvalue weighted by atomic mass is 9.88. The number of aryl methyl sites for hydroxylation is 1. The zero-order chi connectivity index (χ0) is 24.9. The molecule has 7 heteroatoms. The van der Waals surface area contributed by atoms with E-state index in [0.717, 1.165) is 62.9 Å². The number of amides is 1. The van der Waals surface area contributed by atoms with Crippen LogP contribution in [0.15, 0.2) is 10.9 Å². The van der Waals surface area contributed by atoms with Gasteiger partial charge < -0.3 is 14.6 Å². The van der Waals surface area contributed by atoms with E-state index in [4.69, 9.17) is 4.74 Å². The van der Waals surface area contributed by atoms with E-state index in [1.165, 1.54) is 20.0 Å². The number of hydrogen-bond acceptors (Lipinski definition) is 5. The van der Waals surface area contributed by atoms with Crippen LogP contribution in [0, 0.1) is 5.41 Å². The third kappa shape index (κ3) is 6.49. The quantitative estimate of drug-likeness (QED) is 0.611. The molecule has 2 atom stereocenters. The predicted molar refractivity (Wildman–Crippen MR) is 134 cm³/mol. The van der Waals surface area contributed by atoms with Crippen molar-refractivity contribution in [3.8, 4) is 0 Å². The molecule has 0 saturated carbocycles. The molecule has 2 heterocycles. The molecule has 1 N–H and O–H groups in total. The van der Waals surface area contributed by atoms with Gasteiger partial charge in [-0.05, 0) is 75.1 Å². The van der Waals surface area contributed by atoms with Crippen LogP contribution in [0.4, 0.5) is 0 Å². The molecule has 0 spiro atoms. The molecule has 1 unspecified atom stereocenters. The lowest BCUT2D eigenvalue weighted by Gasteiger charge is -2.28. The van der Waals surface area contributed by atoms with E-state index >= 15 is 0 Å². The summed E-state index contributed by atoms with van der Waals surface area (Å²) in [6.07, 6.45) is 8.86. The first-order valence-corrected chi connectivity index (χ1v) is 13.0. The van der Waals surface area contributed by atoms with Gasteiger partial charge in [-0.1, -0.05) is 40.5 Å². The van der Waals surface area contributed by atoms with Crippen molar-refractivity contribution in [2.45, 2.75) is 104 Å². The molecule has 1 saturated heterocycles. The maximum absolute atomic E-state index is 13.7. The molecule has 7 nitrogen and oxygen atoms in total. The summed E-state index contributed by atoms with van der Waals surface area (Å²) >= 11 is 0. The van der Waals surface area contributed by atoms with Gasteiger partial charge >= 0.3 is 5.97 Å². The van der Waals surface area contributed by atoms with Gasteiger partial charge in [-0.3, -0.25) is 14.5 Å². The third-order valence-electron chi connectivity index (χ3n) is 7.25. The van der Waals surface area contributed by atoms with Gasteiger partial charge in [0.15, 0.2) is 0 Å². The Balaban J connectivity index is 1.99. The fourth-order valence-electron chi connectivity index (χ4n) is 5.50. The lowest BCUT2D eigenvalue weighted by Crippen LogP contribution is -2.46. The Morgan fingerprint density at radius 3 is 2.50 bits per heavy atom. The summed E-state index contributed by atoms with van der Waals surface area (Å²) in [5.41, 5.74) is 1.92. The van der Waals surface area contributed by atoms with Crippen LogP contribution in [0.5, 0.6) is 0 Å². The van der Waals surface area contributed by atoms with Gasteiger partial charge in [0.25, 0.3) is 11.5 Å². The normalized spacial score (nSPS) is 20.2. The molecule has 34 heavy (non-hydrogen) atoms. The van der Waals surface area contributed by atoms with Gasteiger partial charge in [-0.25, -0.2) is 4.79 Å². The highest BCUT2D eigenvalue weighted by Gasteiger charge is 2.30. The van der Waals surface area contributed by atoms with Crippen molar-refractivity contribution >= 4 is 11.9 Å². The summed E-state index contributed by atoms with van der Waals surface area (Å²) in [5, 5.41) is 2.82. The highest BCUT2D eigenvalue weighted by atomic mass is 16.5. The Bertz CT molecular complexity index is 931. The van der Waals surface area contributed by atoms with Gasteiger partial charge in [-0.2, -0.15) is 0 Å². The smallest absolute Gasteiger partial charge is 0.328 e. The first kappa shape index (κ1) is 26.5. The number of nitrogens with one attached hydrogen (secondary N) is 1. The first-order valence-electron chi connectivity index (χ1n) is 13.0. The van der Waals surface area contributed by atoms with E-state index in [2.05, 4.69) is 17.1 Å². The third-order valence-corrected chi connectivity index (χ3v) is 7.25. The van der Waals surface area contributed by atoms with E-state index in [-0.39, 0.29) is 16.5 Å². The van der Waals surface area contributed by atoms with E-state index in [1.807, 2.05) is 25.3 Å². The average molecular weight is 474 g/mol. The fourth-order valence-corrected chi connectivity index (χ4v) is 5.50. The summed E-state index contributed by atoms with van der Waals surface area (Å²) in [6, 6.07) is 1.32. The highest BCUT2D eigenvalue weighted by molar-refractivity contribution is 5.96. The Labute approximate surface area is 204 Å². The lowest BCUT2D eigenvalue weighted by molar-refractivity contribution is -0.143. The van der Waals surface area contributed by atoms with Crippen LogP contribution < -0.4 is 10.9 Å². The van der Waals surface area contributed by atoms with Crippen LogP contribution in [0.1, 0.15) is 94.3 Å². The number of pyridine rings is 1. The first-order chi connectivity index (χ1) is 16.1. The number of carbonyl (C=O) groups excluding carboxylic acids is 2. The second-order valence-corrected chi connectivity index (χ2v) is 11.1. The molecule has 1 aromatic heterocycles. The van der Waals surface area contributed by atoms with Crippen LogP contribution in [-0.2, 0) is 28.9 Å². The van der Waals surface area contributed by atoms with Crippen molar-refractivity contribution in [1.29, 1.82) is 0 Å². The molecular formula is C27H43N3O4. The molecule has 0 bridgehead atoms. The fraction of sp³-hybridized carbons (Fsp3) is 0.741. The highest BCUT2D eigenvalue weighted by Crippen LogP contribution is 2.24. The topological polar surface area (TPSA) is 80.6 Å². The second-order valence-electron chi connectivity index (χ2n) is 11.1. The van der Waals surface area contributed by atoms with Crippen molar-refractivity contribution < 1.29 is 14.3 Å². The average Bonchev–Trinajstić information content (AvgIpc) is 3.21. The van der Waals surface area contributed by atoms with Crippen molar-refractivity contribution in [1.82, 2.24) is 14.8 Å². The van der Waals surface area contributed by atoms with Crippen LogP contribution in [0.25, 0.3) is 0 Å². The Morgan fingerprint density at radius 2 is 1.85 bits per heavy atom. The number of rotatable bonds is 7. The number of carbonyl (C=O) groups is 2. The summed E-state index contributed by atoms with van der Waals surface area (Å²) < 4.78 is 6.83. The molecule has 190 valence electrons. The van der Waals surface area contributed by atoms with Crippen LogP contribution in [-0.4, -0.2) is 53.6 Å². The Kier molecular flexibility index (Phi) is 8.96. The van der Waals surface area contributed by atoms with Crippen LogP contribution in [0.3, 0.4) is 0 Å². The second kappa shape index (κ2) is 11.5. The summed E-state index contributed by atoms with van der Waals surface area (Å²) in [6.45, 7) is 10.8. The number of methoxy groups -OCH3 is 1. The van der Waals surface area contributed by atoms with Crippen LogP contribution >= 0.6 is 0 Å². The minimum atomic E-state index is -0.794. The largest absolute Gasteiger partial charge is 0.467 e. The maximum Gasteiger partial charge on any atom is 0.328 e. The summed E-state index contributed by atoms with van der Waals surface area (Å²) in [7, 11) is 1.32. The van der Waals surface area contributed by atoms with Gasteiger partial charge in [-0.15, -0.1) is 0 Å². The summed E-state index contributed by atoms with van der Waals surface area (Å²) in [5.74, 6) is -0.971. The molecule has 0 radical (unpaired) electrons. The number of likely N-dealkylation sites (tertiary alicyclic amines) is 1. The van der Waals surface area contributed by atoms with Crippen molar-refractivity contribution in [2.75, 3.05) is 20.2 Å². The zero-order valence-electron chi connectivity index (χ0n) is 21.7. The molecular weight excluding hydrogens is 430 g/mol. The van der Waals surface area contributed by atoms with E-state index in [9.17, 15) is 14.4 Å². The van der Waals surface area contributed by atoms with E-state index in [0.29, 0.717) is 19.0 Å². The number of nitrogens with zero attached hydrogens (tertiary/aromatic N) is 2. The maximum atomic E-state index is 13.7. The molecule has 1 aromatic rings. The minimum absolute atomic E-state index is 0.142. The van der Waals surface area contributed by atoms with Gasteiger partial charge in [0, 0.05) is 18.3 Å².